The van der Waals surface area contributed by atoms with Crippen molar-refractivity contribution in [3.63, 3.8) is 0 Å². The van der Waals surface area contributed by atoms with Gasteiger partial charge in [-0.15, -0.1) is 0 Å². The molecule has 0 aromatic rings. The first-order chi connectivity index (χ1) is 9.34. The lowest BCUT2D eigenvalue weighted by molar-refractivity contribution is -0.147. The van der Waals surface area contributed by atoms with Gasteiger partial charge in [-0.2, -0.15) is 0 Å². The molecule has 1 rings (SSSR count). The van der Waals surface area contributed by atoms with Crippen LogP contribution in [0.5, 0.6) is 0 Å². The third-order valence-corrected chi connectivity index (χ3v) is 5.05. The van der Waals surface area contributed by atoms with Crippen LogP contribution >= 0.6 is 0 Å². The topological polar surface area (TPSA) is 107 Å². The van der Waals surface area contributed by atoms with Crippen LogP contribution in [-0.2, 0) is 24.2 Å². The number of carbonyl (C=O) groups is 2. The minimum absolute atomic E-state index is 0.0197. The Balaban J connectivity index is 2.41. The Bertz CT molecular complexity index is 449. The molecule has 1 saturated heterocycles. The predicted molar refractivity (Wildman–Crippen MR) is 73.6 cm³/mol. The largest absolute Gasteiger partial charge is 0.469 e. The first kappa shape index (κ1) is 16.9. The summed E-state index contributed by atoms with van der Waals surface area (Å²) >= 11 is 0. The molecular weight excluding hydrogens is 284 g/mol. The molecule has 1 amide bonds. The number of nitrogens with two attached hydrogens (primary N) is 1. The Morgan fingerprint density at radius 3 is 2.65 bits per heavy atom. The summed E-state index contributed by atoms with van der Waals surface area (Å²) in [5.74, 6) is -1.27. The van der Waals surface area contributed by atoms with Gasteiger partial charge in [0.05, 0.1) is 24.5 Å². The Kier molecular flexibility index (Phi) is 6.41. The summed E-state index contributed by atoms with van der Waals surface area (Å²) in [4.78, 5) is 24.0. The van der Waals surface area contributed by atoms with Crippen LogP contribution in [0.1, 0.15) is 19.3 Å². The number of sulfone groups is 1. The lowest BCUT2D eigenvalue weighted by atomic mass is 9.98. The van der Waals surface area contributed by atoms with Gasteiger partial charge in [-0.1, -0.05) is 0 Å². The van der Waals surface area contributed by atoms with Crippen LogP contribution in [0.25, 0.3) is 0 Å². The maximum absolute atomic E-state index is 11.7. The van der Waals surface area contributed by atoms with Crippen molar-refractivity contribution in [3.8, 4) is 0 Å². The third kappa shape index (κ3) is 5.87. The number of hydrogen-bond acceptors (Lipinski definition) is 6. The van der Waals surface area contributed by atoms with E-state index in [2.05, 4.69) is 0 Å². The van der Waals surface area contributed by atoms with E-state index in [-0.39, 0.29) is 29.8 Å². The highest BCUT2D eigenvalue weighted by atomic mass is 32.2. The number of esters is 1. The number of likely N-dealkylation sites (tertiary alicyclic amines) is 1. The number of amides is 1. The molecule has 1 heterocycles. The number of methoxy groups -OCH3 is 1. The Morgan fingerprint density at radius 1 is 1.35 bits per heavy atom. The van der Waals surface area contributed by atoms with Crippen molar-refractivity contribution in [1.82, 2.24) is 4.90 Å². The van der Waals surface area contributed by atoms with Gasteiger partial charge >= 0.3 is 5.97 Å². The molecule has 1 unspecified atom stereocenters. The summed E-state index contributed by atoms with van der Waals surface area (Å²) in [7, 11) is -1.92. The molecule has 8 heteroatoms. The van der Waals surface area contributed by atoms with E-state index in [0.717, 1.165) is 19.4 Å². The molecule has 2 N–H and O–H groups in total. The molecule has 0 bridgehead atoms. The second-order valence-corrected chi connectivity index (χ2v) is 7.33. The van der Waals surface area contributed by atoms with Crippen LogP contribution in [-0.4, -0.2) is 63.4 Å². The number of carbonyl (C=O) groups excluding carboxylic acids is 2. The monoisotopic (exact) mass is 306 g/mol. The maximum atomic E-state index is 11.7. The molecule has 0 spiro atoms. The first-order valence-electron chi connectivity index (χ1n) is 6.63. The summed E-state index contributed by atoms with van der Waals surface area (Å²) in [6.45, 7) is 1.67. The van der Waals surface area contributed by atoms with Gasteiger partial charge in [-0.3, -0.25) is 9.59 Å². The molecule has 0 aromatic heterocycles. The zero-order valence-electron chi connectivity index (χ0n) is 11.7. The Hall–Kier alpha value is -1.15. The molecule has 0 saturated carbocycles. The van der Waals surface area contributed by atoms with E-state index in [4.69, 9.17) is 10.5 Å². The SMILES string of the molecule is COC(=O)C1CCCN(CCS(=O)(=O)CCC(N)=O)C1. The molecule has 0 radical (unpaired) electrons. The molecule has 0 aliphatic carbocycles. The smallest absolute Gasteiger partial charge is 0.309 e. The molecule has 116 valence electrons. The summed E-state index contributed by atoms with van der Waals surface area (Å²) in [5.41, 5.74) is 4.94. The van der Waals surface area contributed by atoms with Crippen molar-refractivity contribution in [2.75, 3.05) is 38.2 Å². The van der Waals surface area contributed by atoms with E-state index in [1.165, 1.54) is 7.11 Å². The van der Waals surface area contributed by atoms with Crippen LogP contribution < -0.4 is 5.73 Å². The number of piperidine rings is 1. The van der Waals surface area contributed by atoms with Crippen LogP contribution in [0.4, 0.5) is 0 Å². The average molecular weight is 306 g/mol. The molecule has 7 nitrogen and oxygen atoms in total. The zero-order chi connectivity index (χ0) is 15.2. The minimum atomic E-state index is -3.28. The summed E-state index contributed by atoms with van der Waals surface area (Å²) in [6.07, 6.45) is 1.48. The van der Waals surface area contributed by atoms with Crippen LogP contribution in [0, 0.1) is 5.92 Å². The quantitative estimate of drug-likeness (QED) is 0.615. The van der Waals surface area contributed by atoms with Crippen molar-refractivity contribution in [2.45, 2.75) is 19.3 Å². The lowest BCUT2D eigenvalue weighted by Crippen LogP contribution is -2.41. The van der Waals surface area contributed by atoms with Crippen molar-refractivity contribution >= 4 is 21.7 Å². The van der Waals surface area contributed by atoms with E-state index in [1.54, 1.807) is 0 Å². The highest BCUT2D eigenvalue weighted by Crippen LogP contribution is 2.17. The molecule has 1 aliphatic rings. The van der Waals surface area contributed by atoms with Gasteiger partial charge in [0.1, 0.15) is 0 Å². The van der Waals surface area contributed by atoms with Gasteiger partial charge in [-0.05, 0) is 19.4 Å². The van der Waals surface area contributed by atoms with E-state index >= 15 is 0 Å². The second-order valence-electron chi connectivity index (χ2n) is 5.03. The van der Waals surface area contributed by atoms with E-state index < -0.39 is 15.7 Å². The van der Waals surface area contributed by atoms with Crippen LogP contribution in [0.15, 0.2) is 0 Å². The molecule has 0 aromatic carbocycles. The van der Waals surface area contributed by atoms with Gasteiger partial charge in [0.2, 0.25) is 5.91 Å². The fraction of sp³-hybridized carbons (Fsp3) is 0.833. The summed E-state index contributed by atoms with van der Waals surface area (Å²) in [5, 5.41) is 0. The molecule has 20 heavy (non-hydrogen) atoms. The fourth-order valence-corrected chi connectivity index (χ4v) is 3.50. The van der Waals surface area contributed by atoms with Gasteiger partial charge in [0.15, 0.2) is 9.84 Å². The number of hydrogen-bond donors (Lipinski definition) is 1. The average Bonchev–Trinajstić information content (AvgIpc) is 2.43. The fourth-order valence-electron chi connectivity index (χ4n) is 2.24. The Labute approximate surface area is 119 Å². The normalized spacial score (nSPS) is 20.6. The van der Waals surface area contributed by atoms with Crippen LogP contribution in [0.3, 0.4) is 0 Å². The molecular formula is C12H22N2O5S. The lowest BCUT2D eigenvalue weighted by Gasteiger charge is -2.31. The van der Waals surface area contributed by atoms with E-state index in [0.29, 0.717) is 13.1 Å². The van der Waals surface area contributed by atoms with Crippen molar-refractivity contribution in [3.05, 3.63) is 0 Å². The highest BCUT2D eigenvalue weighted by molar-refractivity contribution is 7.91. The standard InChI is InChI=1S/C12H22N2O5S/c1-19-12(16)10-3-2-5-14(9-10)6-8-20(17,18)7-4-11(13)15/h10H,2-9H2,1H3,(H2,13,15). The third-order valence-electron chi connectivity index (χ3n) is 3.42. The Morgan fingerprint density at radius 2 is 2.05 bits per heavy atom. The predicted octanol–water partition coefficient (Wildman–Crippen LogP) is -0.838. The maximum Gasteiger partial charge on any atom is 0.309 e. The highest BCUT2D eigenvalue weighted by Gasteiger charge is 2.27. The summed E-state index contributed by atoms with van der Waals surface area (Å²) < 4.78 is 28.2. The number of rotatable bonds is 7. The van der Waals surface area contributed by atoms with Crippen molar-refractivity contribution < 1.29 is 22.7 Å². The number of primary amides is 1. The zero-order valence-corrected chi connectivity index (χ0v) is 12.5. The minimum Gasteiger partial charge on any atom is -0.469 e. The molecule has 1 atom stereocenters. The number of nitrogens with zero attached hydrogens (tertiary/aromatic N) is 1. The van der Waals surface area contributed by atoms with Crippen molar-refractivity contribution in [2.24, 2.45) is 11.7 Å². The van der Waals surface area contributed by atoms with E-state index in [1.807, 2.05) is 4.90 Å². The first-order valence-corrected chi connectivity index (χ1v) is 8.45. The van der Waals surface area contributed by atoms with Gasteiger partial charge < -0.3 is 15.4 Å². The van der Waals surface area contributed by atoms with Gasteiger partial charge in [0, 0.05) is 19.5 Å². The van der Waals surface area contributed by atoms with Gasteiger partial charge in [-0.25, -0.2) is 8.42 Å². The van der Waals surface area contributed by atoms with E-state index in [9.17, 15) is 18.0 Å². The van der Waals surface area contributed by atoms with Crippen molar-refractivity contribution in [1.29, 1.82) is 0 Å². The molecule has 1 fully saturated rings. The van der Waals surface area contributed by atoms with Crippen LogP contribution in [0.2, 0.25) is 0 Å². The van der Waals surface area contributed by atoms with Gasteiger partial charge in [0.25, 0.3) is 0 Å². The molecule has 1 aliphatic heterocycles. The second kappa shape index (κ2) is 7.58. The summed E-state index contributed by atoms with van der Waals surface area (Å²) in [6, 6.07) is 0. The number of ether oxygens (including phenoxy) is 1.